The van der Waals surface area contributed by atoms with Crippen LogP contribution in [0.4, 0.5) is 71.5 Å². The van der Waals surface area contributed by atoms with Crippen molar-refractivity contribution < 1.29 is 65.9 Å². The van der Waals surface area contributed by atoms with Crippen LogP contribution in [0.3, 0.4) is 0 Å². The first kappa shape index (κ1) is 25.8. The maximum Gasteiger partial charge on any atom is 0.345 e. The van der Waals surface area contributed by atoms with Gasteiger partial charge in [0.1, 0.15) is 16.7 Å². The predicted octanol–water partition coefficient (Wildman–Crippen LogP) is 6.81. The van der Waals surface area contributed by atoms with E-state index < -0.39 is 92.4 Å². The first-order valence-corrected chi connectivity index (χ1v) is 8.45. The Balaban J connectivity index is 2.80. The van der Waals surface area contributed by atoms with Crippen molar-refractivity contribution in [2.45, 2.75) is 23.7 Å². The summed E-state index contributed by atoms with van der Waals surface area (Å²) in [6.45, 7) is 0. The van der Waals surface area contributed by atoms with E-state index in [4.69, 9.17) is 0 Å². The molecule has 0 N–H and O–H groups in total. The lowest BCUT2D eigenvalue weighted by Gasteiger charge is -2.35. The minimum atomic E-state index is -6.68. The van der Waals surface area contributed by atoms with Crippen LogP contribution >= 0.6 is 0 Å². The number of anilines is 1. The van der Waals surface area contributed by atoms with Gasteiger partial charge in [0.15, 0.2) is 40.7 Å². The summed E-state index contributed by atoms with van der Waals surface area (Å²) in [7, 11) is 0.849. The molecule has 0 unspecified atom stereocenters. The smallest absolute Gasteiger partial charge is 0.345 e. The van der Waals surface area contributed by atoms with Crippen LogP contribution in [0.15, 0.2) is 0 Å². The molecule has 4 bridgehead atoms. The summed E-state index contributed by atoms with van der Waals surface area (Å²) in [5.74, 6) is -51.2. The van der Waals surface area contributed by atoms with Crippen molar-refractivity contribution >= 4 is 5.69 Å². The normalized spacial score (nSPS) is 19.7. The van der Waals surface area contributed by atoms with Crippen molar-refractivity contribution in [2.24, 2.45) is 0 Å². The maximum absolute atomic E-state index is 14.8. The van der Waals surface area contributed by atoms with Gasteiger partial charge in [-0.05, 0) is 0 Å². The number of halogens is 15. The van der Waals surface area contributed by atoms with Gasteiger partial charge in [-0.15, -0.1) is 0 Å². The summed E-state index contributed by atoms with van der Waals surface area (Å²) in [6, 6.07) is 0. The number of rotatable bonds is 1. The lowest BCUT2D eigenvalue weighted by molar-refractivity contribution is -0.235. The van der Waals surface area contributed by atoms with E-state index in [2.05, 4.69) is 0 Å². The van der Waals surface area contributed by atoms with Crippen LogP contribution in [-0.4, -0.2) is 14.1 Å². The highest BCUT2D eigenvalue weighted by Crippen LogP contribution is 2.60. The highest BCUT2D eigenvalue weighted by Gasteiger charge is 2.70. The molecule has 34 heavy (non-hydrogen) atoms. The van der Waals surface area contributed by atoms with Crippen LogP contribution in [0.2, 0.25) is 0 Å². The zero-order valence-corrected chi connectivity index (χ0v) is 16.1. The molecule has 0 radical (unpaired) electrons. The van der Waals surface area contributed by atoms with E-state index >= 15 is 0 Å². The monoisotopic (exact) mass is 521 g/mol. The average Bonchev–Trinajstić information content (AvgIpc) is 2.67. The first-order valence-electron chi connectivity index (χ1n) is 8.45. The largest absolute Gasteiger partial charge is 0.375 e. The van der Waals surface area contributed by atoms with Gasteiger partial charge in [0, 0.05) is 14.1 Å². The summed E-state index contributed by atoms with van der Waals surface area (Å²) < 4.78 is 218. The molecule has 6 rings (SSSR count). The van der Waals surface area contributed by atoms with Gasteiger partial charge in [0.2, 0.25) is 0 Å². The molecule has 0 aliphatic heterocycles. The summed E-state index contributed by atoms with van der Waals surface area (Å²) >= 11 is 0. The molecular formula is C18H6F15N. The molecule has 4 aliphatic rings. The lowest BCUT2D eigenvalue weighted by atomic mass is 9.85. The molecule has 4 aliphatic carbocycles. The van der Waals surface area contributed by atoms with E-state index in [1.54, 1.807) is 0 Å². The second kappa shape index (κ2) is 7.10. The Labute approximate surface area is 178 Å². The average molecular weight is 521 g/mol. The van der Waals surface area contributed by atoms with E-state index in [1.165, 1.54) is 0 Å². The zero-order valence-electron chi connectivity index (χ0n) is 16.1. The van der Waals surface area contributed by atoms with Gasteiger partial charge in [0.05, 0.1) is 11.3 Å². The van der Waals surface area contributed by atoms with Crippen LogP contribution in [-0.2, 0) is 23.7 Å². The summed E-state index contributed by atoms with van der Waals surface area (Å²) in [6.07, 6.45) is 0. The van der Waals surface area contributed by atoms with E-state index in [1.807, 2.05) is 0 Å². The van der Waals surface area contributed by atoms with Gasteiger partial charge in [-0.3, -0.25) is 0 Å². The van der Waals surface area contributed by atoms with Crippen LogP contribution in [0, 0.1) is 40.7 Å². The van der Waals surface area contributed by atoms with Crippen molar-refractivity contribution in [3.05, 3.63) is 63.0 Å². The Morgan fingerprint density at radius 3 is 0.853 bits per heavy atom. The van der Waals surface area contributed by atoms with Crippen molar-refractivity contribution in [1.29, 1.82) is 0 Å². The molecule has 0 heterocycles. The molecule has 2 aromatic carbocycles. The molecule has 188 valence electrons. The van der Waals surface area contributed by atoms with Gasteiger partial charge >= 0.3 is 23.7 Å². The fourth-order valence-electron chi connectivity index (χ4n) is 3.44. The highest BCUT2D eigenvalue weighted by molar-refractivity contribution is 5.61. The SMILES string of the molecule is CN(C)c1c(F)c2c(F)c(F)c1C(F)(F)C(F)(F)c1c(F)c(F)c(c(F)c1F)C(F)(F)C2(F)F. The van der Waals surface area contributed by atoms with Crippen molar-refractivity contribution in [3.8, 4) is 0 Å². The van der Waals surface area contributed by atoms with Crippen LogP contribution in [0.25, 0.3) is 0 Å². The van der Waals surface area contributed by atoms with Gasteiger partial charge in [0.25, 0.3) is 0 Å². The third-order valence-corrected chi connectivity index (χ3v) is 5.05. The molecule has 2 aromatic rings. The molecule has 0 spiro atoms. The van der Waals surface area contributed by atoms with E-state index in [0.717, 1.165) is 0 Å². The second-order valence-corrected chi connectivity index (χ2v) is 7.24. The maximum atomic E-state index is 14.8. The second-order valence-electron chi connectivity index (χ2n) is 7.24. The van der Waals surface area contributed by atoms with Crippen LogP contribution in [0.1, 0.15) is 22.3 Å². The number of hydrogen-bond acceptors (Lipinski definition) is 1. The number of alkyl halides is 8. The fourth-order valence-corrected chi connectivity index (χ4v) is 3.44. The molecule has 0 aromatic heterocycles. The molecule has 0 saturated heterocycles. The fraction of sp³-hybridized carbons (Fsp3) is 0.333. The topological polar surface area (TPSA) is 3.24 Å². The highest BCUT2D eigenvalue weighted by atomic mass is 19.3. The van der Waals surface area contributed by atoms with Gasteiger partial charge in [-0.1, -0.05) is 0 Å². The van der Waals surface area contributed by atoms with Gasteiger partial charge in [-0.2, -0.15) is 35.1 Å². The Morgan fingerprint density at radius 1 is 0.382 bits per heavy atom. The number of benzene rings is 2. The van der Waals surface area contributed by atoms with Crippen molar-refractivity contribution in [2.75, 3.05) is 19.0 Å². The van der Waals surface area contributed by atoms with E-state index in [9.17, 15) is 65.9 Å². The van der Waals surface area contributed by atoms with Crippen LogP contribution in [0.5, 0.6) is 0 Å². The Hall–Kier alpha value is -2.81. The molecular weight excluding hydrogens is 515 g/mol. The molecule has 0 fully saturated rings. The third-order valence-electron chi connectivity index (χ3n) is 5.05. The van der Waals surface area contributed by atoms with Crippen molar-refractivity contribution in [3.63, 3.8) is 0 Å². The molecule has 0 saturated carbocycles. The Kier molecular flexibility index (Phi) is 5.39. The summed E-state index contributed by atoms with van der Waals surface area (Å²) in [5.41, 5.74) is -16.2. The van der Waals surface area contributed by atoms with Gasteiger partial charge in [-0.25, -0.2) is 30.7 Å². The molecule has 1 nitrogen and oxygen atoms in total. The lowest BCUT2D eigenvalue weighted by Crippen LogP contribution is -2.45. The summed E-state index contributed by atoms with van der Waals surface area (Å²) in [4.78, 5) is -0.129. The van der Waals surface area contributed by atoms with Gasteiger partial charge < -0.3 is 4.90 Å². The third kappa shape index (κ3) is 2.79. The van der Waals surface area contributed by atoms with E-state index in [0.29, 0.717) is 14.1 Å². The Morgan fingerprint density at radius 2 is 0.588 bits per heavy atom. The quantitative estimate of drug-likeness (QED) is 0.295. The minimum absolute atomic E-state index is 0.129. The first-order chi connectivity index (χ1) is 15.2. The van der Waals surface area contributed by atoms with E-state index in [-0.39, 0.29) is 4.90 Å². The Bertz CT molecular complexity index is 1190. The number of nitrogens with zero attached hydrogens (tertiary/aromatic N) is 1. The molecule has 16 heteroatoms. The molecule has 0 amide bonds. The standard InChI is InChI=1S/C18H6F15N/c1-34(2)14-6-12(24)11(23)5(13(14)25)17(30,31)15(26,27)3-7(19)9(21)4(10(22)8(3)20)16(28,29)18(6,32)33/h1-2H3. The van der Waals surface area contributed by atoms with Crippen LogP contribution < -0.4 is 4.90 Å². The van der Waals surface area contributed by atoms with Crippen molar-refractivity contribution in [1.82, 2.24) is 0 Å². The number of hydrogen-bond donors (Lipinski definition) is 0. The minimum Gasteiger partial charge on any atom is -0.375 e. The summed E-state index contributed by atoms with van der Waals surface area (Å²) in [5, 5.41) is 0. The molecule has 0 atom stereocenters. The zero-order chi connectivity index (χ0) is 26.5. The predicted molar refractivity (Wildman–Crippen MR) is 82.5 cm³/mol.